The van der Waals surface area contributed by atoms with Gasteiger partial charge in [0.05, 0.1) is 0 Å². The molecule has 2 aromatic rings. The van der Waals surface area contributed by atoms with Crippen molar-refractivity contribution >= 4 is 12.0 Å². The average Bonchev–Trinajstić information content (AvgIpc) is 2.47. The van der Waals surface area contributed by atoms with Crippen LogP contribution in [-0.2, 0) is 11.2 Å². The van der Waals surface area contributed by atoms with Gasteiger partial charge >= 0.3 is 0 Å². The largest absolute Gasteiger partial charge is 0.352 e. The van der Waals surface area contributed by atoms with Crippen LogP contribution in [-0.4, -0.2) is 22.4 Å². The predicted octanol–water partition coefficient (Wildman–Crippen LogP) is 1.85. The fraction of sp³-hybridized carbons (Fsp3) is 0.133. The van der Waals surface area contributed by atoms with Crippen LogP contribution in [0.4, 0.5) is 0 Å². The Bertz CT molecular complexity index is 538. The Hall–Kier alpha value is -2.49. The molecule has 0 bridgehead atoms. The van der Waals surface area contributed by atoms with Gasteiger partial charge in [0.1, 0.15) is 0 Å². The van der Waals surface area contributed by atoms with Gasteiger partial charge in [-0.05, 0) is 29.8 Å². The summed E-state index contributed by atoms with van der Waals surface area (Å²) in [6.45, 7) is 0.577. The lowest BCUT2D eigenvalue weighted by atomic mass is 10.2. The number of hydrogen-bond acceptors (Lipinski definition) is 3. The summed E-state index contributed by atoms with van der Waals surface area (Å²) in [6, 6.07) is 9.48. The monoisotopic (exact) mass is 253 g/mol. The third-order valence-electron chi connectivity index (χ3n) is 2.52. The smallest absolute Gasteiger partial charge is 0.244 e. The van der Waals surface area contributed by atoms with Crippen LogP contribution in [0.2, 0.25) is 0 Å². The van der Waals surface area contributed by atoms with Gasteiger partial charge in [0.2, 0.25) is 5.91 Å². The Balaban J connectivity index is 1.75. The lowest BCUT2D eigenvalue weighted by Gasteiger charge is -2.01. The average molecular weight is 253 g/mol. The first kappa shape index (κ1) is 13.0. The summed E-state index contributed by atoms with van der Waals surface area (Å²) in [5, 5.41) is 2.82. The van der Waals surface area contributed by atoms with E-state index in [-0.39, 0.29) is 5.91 Å². The molecule has 1 N–H and O–H groups in total. The lowest BCUT2D eigenvalue weighted by molar-refractivity contribution is -0.116. The van der Waals surface area contributed by atoms with E-state index < -0.39 is 0 Å². The molecule has 2 rings (SSSR count). The molecule has 1 amide bonds. The minimum atomic E-state index is -0.111. The molecule has 0 radical (unpaired) electrons. The van der Waals surface area contributed by atoms with Crippen LogP contribution in [0.3, 0.4) is 0 Å². The highest BCUT2D eigenvalue weighted by Gasteiger charge is 1.96. The molecule has 0 saturated heterocycles. The van der Waals surface area contributed by atoms with Crippen LogP contribution in [0.25, 0.3) is 6.08 Å². The zero-order chi connectivity index (χ0) is 13.3. The summed E-state index contributed by atoms with van der Waals surface area (Å²) in [5.74, 6) is -0.111. The molecule has 0 fully saturated rings. The van der Waals surface area contributed by atoms with E-state index in [2.05, 4.69) is 15.3 Å². The second-order valence-corrected chi connectivity index (χ2v) is 3.98. The van der Waals surface area contributed by atoms with Crippen molar-refractivity contribution in [1.82, 2.24) is 15.3 Å². The Kier molecular flexibility index (Phi) is 4.81. The van der Waals surface area contributed by atoms with Crippen LogP contribution in [0.15, 0.2) is 55.0 Å². The maximum atomic E-state index is 11.6. The van der Waals surface area contributed by atoms with Gasteiger partial charge in [-0.15, -0.1) is 0 Å². The van der Waals surface area contributed by atoms with Crippen molar-refractivity contribution < 1.29 is 4.79 Å². The standard InChI is InChI=1S/C15H15N3O/c19-15(7-6-13-4-3-9-16-12-13)18-11-8-14-5-1-2-10-17-14/h1-7,9-10,12H,8,11H2,(H,18,19)/b7-6+. The third-order valence-corrected chi connectivity index (χ3v) is 2.52. The highest BCUT2D eigenvalue weighted by Crippen LogP contribution is 1.98. The van der Waals surface area contributed by atoms with Crippen LogP contribution in [0.1, 0.15) is 11.3 Å². The van der Waals surface area contributed by atoms with Crippen molar-refractivity contribution in [3.8, 4) is 0 Å². The van der Waals surface area contributed by atoms with E-state index in [9.17, 15) is 4.79 Å². The quantitative estimate of drug-likeness (QED) is 0.827. The number of carbonyl (C=O) groups excluding carboxylic acids is 1. The van der Waals surface area contributed by atoms with Gasteiger partial charge in [0.25, 0.3) is 0 Å². The minimum absolute atomic E-state index is 0.111. The van der Waals surface area contributed by atoms with Crippen molar-refractivity contribution in [1.29, 1.82) is 0 Å². The molecule has 96 valence electrons. The Morgan fingerprint density at radius 2 is 2.16 bits per heavy atom. The number of amides is 1. The number of nitrogens with zero attached hydrogens (tertiary/aromatic N) is 2. The Morgan fingerprint density at radius 1 is 1.21 bits per heavy atom. The highest BCUT2D eigenvalue weighted by atomic mass is 16.1. The molecule has 4 heteroatoms. The normalized spacial score (nSPS) is 10.5. The molecular formula is C15H15N3O. The molecule has 0 aromatic carbocycles. The SMILES string of the molecule is O=C(/C=C/c1cccnc1)NCCc1ccccn1. The topological polar surface area (TPSA) is 54.9 Å². The van der Waals surface area contributed by atoms with E-state index in [0.717, 1.165) is 17.7 Å². The van der Waals surface area contributed by atoms with Crippen LogP contribution in [0.5, 0.6) is 0 Å². The first-order valence-electron chi connectivity index (χ1n) is 6.10. The van der Waals surface area contributed by atoms with E-state index in [1.54, 1.807) is 24.7 Å². The molecule has 0 saturated carbocycles. The van der Waals surface area contributed by atoms with E-state index >= 15 is 0 Å². The maximum Gasteiger partial charge on any atom is 0.244 e. The van der Waals surface area contributed by atoms with Gasteiger partial charge in [-0.1, -0.05) is 12.1 Å². The number of aromatic nitrogens is 2. The molecule has 4 nitrogen and oxygen atoms in total. The zero-order valence-electron chi connectivity index (χ0n) is 10.5. The van der Waals surface area contributed by atoms with Crippen LogP contribution < -0.4 is 5.32 Å². The van der Waals surface area contributed by atoms with Crippen molar-refractivity contribution in [3.63, 3.8) is 0 Å². The van der Waals surface area contributed by atoms with Gasteiger partial charge < -0.3 is 5.32 Å². The third kappa shape index (κ3) is 4.71. The molecule has 0 aliphatic rings. The molecule has 19 heavy (non-hydrogen) atoms. The van der Waals surface area contributed by atoms with Crippen molar-refractivity contribution in [3.05, 3.63) is 66.3 Å². The Morgan fingerprint density at radius 3 is 2.89 bits per heavy atom. The first-order valence-corrected chi connectivity index (χ1v) is 6.10. The first-order chi connectivity index (χ1) is 9.34. The molecule has 0 unspecified atom stereocenters. The van der Waals surface area contributed by atoms with E-state index in [4.69, 9.17) is 0 Å². The summed E-state index contributed by atoms with van der Waals surface area (Å²) in [4.78, 5) is 19.7. The summed E-state index contributed by atoms with van der Waals surface area (Å²) < 4.78 is 0. The number of pyridine rings is 2. The van der Waals surface area contributed by atoms with Gasteiger partial charge in [0.15, 0.2) is 0 Å². The van der Waals surface area contributed by atoms with Gasteiger partial charge in [0, 0.05) is 43.3 Å². The van der Waals surface area contributed by atoms with E-state index in [1.807, 2.05) is 30.3 Å². The maximum absolute atomic E-state index is 11.6. The number of nitrogens with one attached hydrogen (secondary N) is 1. The fourth-order valence-corrected chi connectivity index (χ4v) is 1.57. The lowest BCUT2D eigenvalue weighted by Crippen LogP contribution is -2.23. The van der Waals surface area contributed by atoms with Gasteiger partial charge in [-0.3, -0.25) is 14.8 Å². The molecule has 2 heterocycles. The number of rotatable bonds is 5. The summed E-state index contributed by atoms with van der Waals surface area (Å²) in [7, 11) is 0. The highest BCUT2D eigenvalue weighted by molar-refractivity contribution is 5.91. The second kappa shape index (κ2) is 7.06. The van der Waals surface area contributed by atoms with Crippen molar-refractivity contribution in [2.45, 2.75) is 6.42 Å². The van der Waals surface area contributed by atoms with E-state index in [1.165, 1.54) is 6.08 Å². The molecule has 0 atom stereocenters. The number of hydrogen-bond donors (Lipinski definition) is 1. The fourth-order valence-electron chi connectivity index (χ4n) is 1.57. The molecule has 0 aliphatic heterocycles. The predicted molar refractivity (Wildman–Crippen MR) is 74.2 cm³/mol. The molecule has 2 aromatic heterocycles. The summed E-state index contributed by atoms with van der Waals surface area (Å²) in [5.41, 5.74) is 1.88. The second-order valence-electron chi connectivity index (χ2n) is 3.98. The van der Waals surface area contributed by atoms with Crippen molar-refractivity contribution in [2.75, 3.05) is 6.54 Å². The summed E-state index contributed by atoms with van der Waals surface area (Å²) >= 11 is 0. The number of carbonyl (C=O) groups is 1. The minimum Gasteiger partial charge on any atom is -0.352 e. The molecule has 0 aliphatic carbocycles. The molecular weight excluding hydrogens is 238 g/mol. The van der Waals surface area contributed by atoms with Crippen LogP contribution in [0, 0.1) is 0 Å². The zero-order valence-corrected chi connectivity index (χ0v) is 10.5. The van der Waals surface area contributed by atoms with Gasteiger partial charge in [-0.2, -0.15) is 0 Å². The van der Waals surface area contributed by atoms with Crippen LogP contribution >= 0.6 is 0 Å². The van der Waals surface area contributed by atoms with Gasteiger partial charge in [-0.25, -0.2) is 0 Å². The van der Waals surface area contributed by atoms with Crippen molar-refractivity contribution in [2.24, 2.45) is 0 Å². The molecule has 0 spiro atoms. The summed E-state index contributed by atoms with van der Waals surface area (Å²) in [6.07, 6.45) is 9.13. The van der Waals surface area contributed by atoms with E-state index in [0.29, 0.717) is 6.54 Å². The Labute approximate surface area is 112 Å².